The molecule has 0 radical (unpaired) electrons. The summed E-state index contributed by atoms with van der Waals surface area (Å²) in [4.78, 5) is 39.3. The second-order valence-electron chi connectivity index (χ2n) is 6.08. The molecule has 140 valence electrons. The van der Waals surface area contributed by atoms with Crippen LogP contribution in [0.5, 0.6) is 0 Å². The van der Waals surface area contributed by atoms with Crippen LogP contribution >= 0.6 is 0 Å². The largest absolute Gasteiger partial charge is 0.355 e. The van der Waals surface area contributed by atoms with Crippen LogP contribution in [-0.4, -0.2) is 50.3 Å². The van der Waals surface area contributed by atoms with Crippen LogP contribution in [-0.2, 0) is 9.59 Å². The Labute approximate surface area is 159 Å². The molecule has 0 fully saturated rings. The number of hydrogen-bond donors (Lipinski definition) is 1. The Balaban J connectivity index is 2.18. The fourth-order valence-corrected chi connectivity index (χ4v) is 2.33. The summed E-state index contributed by atoms with van der Waals surface area (Å²) < 4.78 is 0. The van der Waals surface area contributed by atoms with Crippen molar-refractivity contribution in [1.29, 1.82) is 0 Å². The number of rotatable bonds is 6. The maximum atomic E-state index is 12.7. The molecule has 0 saturated carbocycles. The smallest absolute Gasteiger partial charge is 0.251 e. The first-order chi connectivity index (χ1) is 12.9. The SMILES string of the molecule is CNC(=O)c1ccc(/C=C/C(=O)N(CC(=O)N(C)C)c2ccccc2)cc1. The van der Waals surface area contributed by atoms with E-state index in [4.69, 9.17) is 0 Å². The number of amides is 3. The van der Waals surface area contributed by atoms with Crippen molar-refractivity contribution in [3.05, 3.63) is 71.8 Å². The maximum absolute atomic E-state index is 12.7. The summed E-state index contributed by atoms with van der Waals surface area (Å²) in [6, 6.07) is 15.9. The average Bonchev–Trinajstić information content (AvgIpc) is 2.70. The van der Waals surface area contributed by atoms with Gasteiger partial charge in [-0.15, -0.1) is 0 Å². The molecule has 0 unspecified atom stereocenters. The number of nitrogens with zero attached hydrogens (tertiary/aromatic N) is 2. The Hall–Kier alpha value is -3.41. The van der Waals surface area contributed by atoms with Crippen molar-refractivity contribution in [2.75, 3.05) is 32.6 Å². The van der Waals surface area contributed by atoms with Crippen LogP contribution in [0.15, 0.2) is 60.7 Å². The van der Waals surface area contributed by atoms with Crippen molar-refractivity contribution >= 4 is 29.5 Å². The number of carbonyl (C=O) groups is 3. The van der Waals surface area contributed by atoms with E-state index < -0.39 is 0 Å². The molecule has 0 heterocycles. The third-order valence-electron chi connectivity index (χ3n) is 3.94. The third-order valence-corrected chi connectivity index (χ3v) is 3.94. The number of hydrogen-bond acceptors (Lipinski definition) is 3. The highest BCUT2D eigenvalue weighted by Gasteiger charge is 2.18. The minimum atomic E-state index is -0.299. The van der Waals surface area contributed by atoms with Crippen molar-refractivity contribution < 1.29 is 14.4 Å². The van der Waals surface area contributed by atoms with Crippen LogP contribution < -0.4 is 10.2 Å². The normalized spacial score (nSPS) is 10.5. The fourth-order valence-electron chi connectivity index (χ4n) is 2.33. The lowest BCUT2D eigenvalue weighted by molar-refractivity contribution is -0.128. The predicted octanol–water partition coefficient (Wildman–Crippen LogP) is 2.18. The molecule has 2 aromatic carbocycles. The summed E-state index contributed by atoms with van der Waals surface area (Å²) in [5, 5.41) is 2.56. The molecule has 0 aromatic heterocycles. The number of carbonyl (C=O) groups excluding carboxylic acids is 3. The Bertz CT molecular complexity index is 828. The minimum Gasteiger partial charge on any atom is -0.355 e. The van der Waals surface area contributed by atoms with Gasteiger partial charge in [0.1, 0.15) is 6.54 Å². The Morgan fingerprint density at radius 3 is 2.15 bits per heavy atom. The minimum absolute atomic E-state index is 0.0458. The van der Waals surface area contributed by atoms with Gasteiger partial charge in [-0.05, 0) is 35.9 Å². The first kappa shape index (κ1) is 19.9. The topological polar surface area (TPSA) is 69.7 Å². The summed E-state index contributed by atoms with van der Waals surface area (Å²) in [7, 11) is 4.88. The first-order valence-corrected chi connectivity index (χ1v) is 8.49. The molecule has 1 N–H and O–H groups in total. The second kappa shape index (κ2) is 9.33. The lowest BCUT2D eigenvalue weighted by Crippen LogP contribution is -2.39. The van der Waals surface area contributed by atoms with Crippen molar-refractivity contribution in [3.63, 3.8) is 0 Å². The molecule has 0 aliphatic carbocycles. The van der Waals surface area contributed by atoms with Crippen molar-refractivity contribution in [2.45, 2.75) is 0 Å². The fraction of sp³-hybridized carbons (Fsp3) is 0.190. The van der Waals surface area contributed by atoms with E-state index in [2.05, 4.69) is 5.32 Å². The van der Waals surface area contributed by atoms with E-state index in [-0.39, 0.29) is 24.3 Å². The van der Waals surface area contributed by atoms with Gasteiger partial charge >= 0.3 is 0 Å². The van der Waals surface area contributed by atoms with Gasteiger partial charge < -0.3 is 10.2 Å². The number of nitrogens with one attached hydrogen (secondary N) is 1. The summed E-state index contributed by atoms with van der Waals surface area (Å²) >= 11 is 0. The van der Waals surface area contributed by atoms with Crippen molar-refractivity contribution in [2.24, 2.45) is 0 Å². The Kier molecular flexibility index (Phi) is 6.88. The van der Waals surface area contributed by atoms with Crippen LogP contribution in [0.3, 0.4) is 0 Å². The highest BCUT2D eigenvalue weighted by atomic mass is 16.2. The lowest BCUT2D eigenvalue weighted by Gasteiger charge is -2.22. The predicted molar refractivity (Wildman–Crippen MR) is 106 cm³/mol. The molecule has 0 aliphatic heterocycles. The molecule has 0 saturated heterocycles. The van der Waals surface area contributed by atoms with Gasteiger partial charge in [0.15, 0.2) is 0 Å². The number of anilines is 1. The highest BCUT2D eigenvalue weighted by Crippen LogP contribution is 2.15. The van der Waals surface area contributed by atoms with E-state index in [0.29, 0.717) is 11.3 Å². The summed E-state index contributed by atoms with van der Waals surface area (Å²) in [5.41, 5.74) is 1.98. The van der Waals surface area contributed by atoms with Crippen LogP contribution in [0.25, 0.3) is 6.08 Å². The molecule has 0 atom stereocenters. The monoisotopic (exact) mass is 365 g/mol. The number of likely N-dealkylation sites (N-methyl/N-ethyl adjacent to an activating group) is 1. The molecule has 2 aromatic rings. The number of benzene rings is 2. The van der Waals surface area contributed by atoms with Crippen LogP contribution in [0.1, 0.15) is 15.9 Å². The zero-order valence-electron chi connectivity index (χ0n) is 15.7. The third kappa shape index (κ3) is 5.54. The highest BCUT2D eigenvalue weighted by molar-refractivity contribution is 6.06. The van der Waals surface area contributed by atoms with E-state index >= 15 is 0 Å². The first-order valence-electron chi connectivity index (χ1n) is 8.49. The molecule has 6 heteroatoms. The second-order valence-corrected chi connectivity index (χ2v) is 6.08. The summed E-state index contributed by atoms with van der Waals surface area (Å²) in [5.74, 6) is -0.638. The van der Waals surface area contributed by atoms with Gasteiger partial charge in [0.2, 0.25) is 5.91 Å². The van der Waals surface area contributed by atoms with E-state index in [9.17, 15) is 14.4 Å². The van der Waals surface area contributed by atoms with Crippen molar-refractivity contribution in [1.82, 2.24) is 10.2 Å². The zero-order valence-corrected chi connectivity index (χ0v) is 15.7. The van der Waals surface area contributed by atoms with Gasteiger partial charge in [-0.2, -0.15) is 0 Å². The Morgan fingerprint density at radius 2 is 1.59 bits per heavy atom. The Morgan fingerprint density at radius 1 is 0.963 bits per heavy atom. The van der Waals surface area contributed by atoms with E-state index in [1.807, 2.05) is 18.2 Å². The molecule has 3 amide bonds. The molecule has 2 rings (SSSR count). The van der Waals surface area contributed by atoms with Crippen LogP contribution in [0.2, 0.25) is 0 Å². The molecule has 0 aliphatic rings. The standard InChI is InChI=1S/C21H23N3O3/c1-22-21(27)17-12-9-16(10-13-17)11-14-19(25)24(15-20(26)23(2)3)18-7-5-4-6-8-18/h4-14H,15H2,1-3H3,(H,22,27)/b14-11+. The van der Waals surface area contributed by atoms with Gasteiger partial charge in [-0.1, -0.05) is 30.3 Å². The molecule has 0 spiro atoms. The van der Waals surface area contributed by atoms with Crippen molar-refractivity contribution in [3.8, 4) is 0 Å². The summed E-state index contributed by atoms with van der Waals surface area (Å²) in [6.45, 7) is -0.0458. The van der Waals surface area contributed by atoms with E-state index in [0.717, 1.165) is 5.56 Å². The quantitative estimate of drug-likeness (QED) is 0.798. The van der Waals surface area contributed by atoms with Gasteiger partial charge in [-0.25, -0.2) is 0 Å². The van der Waals surface area contributed by atoms with Crippen LogP contribution in [0.4, 0.5) is 5.69 Å². The van der Waals surface area contributed by atoms with E-state index in [1.54, 1.807) is 63.6 Å². The van der Waals surface area contributed by atoms with Gasteiger partial charge in [0, 0.05) is 38.5 Å². The molecule has 6 nitrogen and oxygen atoms in total. The van der Waals surface area contributed by atoms with Gasteiger partial charge in [0.25, 0.3) is 11.8 Å². The zero-order chi connectivity index (χ0) is 19.8. The summed E-state index contributed by atoms with van der Waals surface area (Å²) in [6.07, 6.45) is 3.08. The van der Waals surface area contributed by atoms with Gasteiger partial charge in [0.05, 0.1) is 0 Å². The molecular weight excluding hydrogens is 342 g/mol. The van der Waals surface area contributed by atoms with Crippen LogP contribution in [0, 0.1) is 0 Å². The molecular formula is C21H23N3O3. The number of para-hydroxylation sites is 1. The van der Waals surface area contributed by atoms with E-state index in [1.165, 1.54) is 15.9 Å². The van der Waals surface area contributed by atoms with Gasteiger partial charge in [-0.3, -0.25) is 19.3 Å². The lowest BCUT2D eigenvalue weighted by atomic mass is 10.1. The maximum Gasteiger partial charge on any atom is 0.251 e. The molecule has 0 bridgehead atoms. The average molecular weight is 365 g/mol. The molecule has 27 heavy (non-hydrogen) atoms.